The molecule has 1 atom stereocenters. The number of hydrogen-bond acceptors (Lipinski definition) is 6. The number of rotatable bonds is 6. The van der Waals surface area contributed by atoms with E-state index in [0.717, 1.165) is 27.9 Å². The summed E-state index contributed by atoms with van der Waals surface area (Å²) in [5, 5.41) is 0. The van der Waals surface area contributed by atoms with Crippen molar-refractivity contribution in [2.45, 2.75) is 52.9 Å². The van der Waals surface area contributed by atoms with Crippen LogP contribution in [0.3, 0.4) is 0 Å². The van der Waals surface area contributed by atoms with Gasteiger partial charge in [-0.25, -0.2) is 14.8 Å². The number of carbonyl (C=O) groups is 1. The number of pyridine rings is 1. The second kappa shape index (κ2) is 10.2. The molecule has 1 saturated heterocycles. The van der Waals surface area contributed by atoms with Crippen LogP contribution in [-0.4, -0.2) is 75.1 Å². The number of piperazine rings is 1. The van der Waals surface area contributed by atoms with E-state index >= 15 is 0 Å². The minimum atomic E-state index is -4.21. The van der Waals surface area contributed by atoms with Gasteiger partial charge in [0.25, 0.3) is 0 Å². The minimum Gasteiger partial charge on any atom is -0.459 e. The highest BCUT2D eigenvalue weighted by molar-refractivity contribution is 5.95. The fraction of sp³-hybridized carbons (Fsp3) is 0.500. The molecule has 4 rings (SSSR count). The van der Waals surface area contributed by atoms with Crippen LogP contribution in [0, 0.1) is 13.8 Å². The van der Waals surface area contributed by atoms with Crippen LogP contribution >= 0.6 is 0 Å². The van der Waals surface area contributed by atoms with Crippen molar-refractivity contribution in [2.24, 2.45) is 0 Å². The zero-order valence-electron chi connectivity index (χ0n) is 21.3. The first kappa shape index (κ1) is 26.1. The lowest BCUT2D eigenvalue weighted by molar-refractivity contribution is -0.149. The molecule has 1 aliphatic heterocycles. The average Bonchev–Trinajstić information content (AvgIpc) is 3.21. The topological polar surface area (TPSA) is 63.0 Å². The summed E-state index contributed by atoms with van der Waals surface area (Å²) in [6.07, 6.45) is 0.996. The Bertz CT molecular complexity index is 1230. The SMILES string of the molecule is Cc1ncc(-c2ccn3c(C(C)N4CCN(CC(F)(F)F)CC4)c(C)c(C(=O)OC(C)C)cc23)cn1. The molecule has 0 bridgehead atoms. The lowest BCUT2D eigenvalue weighted by Crippen LogP contribution is -2.49. The monoisotopic (exact) mass is 503 g/mol. The summed E-state index contributed by atoms with van der Waals surface area (Å²) >= 11 is 0. The molecule has 1 fully saturated rings. The summed E-state index contributed by atoms with van der Waals surface area (Å²) < 4.78 is 46.2. The number of esters is 1. The molecule has 0 aliphatic carbocycles. The lowest BCUT2D eigenvalue weighted by Gasteiger charge is -2.39. The molecule has 0 aromatic carbocycles. The van der Waals surface area contributed by atoms with Crippen LogP contribution < -0.4 is 0 Å². The third-order valence-corrected chi connectivity index (χ3v) is 6.66. The molecule has 1 aliphatic rings. The van der Waals surface area contributed by atoms with Crippen LogP contribution in [0.5, 0.6) is 0 Å². The van der Waals surface area contributed by atoms with Crippen LogP contribution in [0.2, 0.25) is 0 Å². The van der Waals surface area contributed by atoms with Gasteiger partial charge in [0.15, 0.2) is 0 Å². The predicted molar refractivity (Wildman–Crippen MR) is 131 cm³/mol. The van der Waals surface area contributed by atoms with E-state index < -0.39 is 18.7 Å². The Balaban J connectivity index is 1.75. The van der Waals surface area contributed by atoms with E-state index in [-0.39, 0.29) is 12.1 Å². The fourth-order valence-corrected chi connectivity index (χ4v) is 4.88. The molecule has 4 heterocycles. The maximum absolute atomic E-state index is 13.1. The number of fused-ring (bicyclic) bond motifs is 1. The van der Waals surface area contributed by atoms with Gasteiger partial charge in [-0.3, -0.25) is 9.80 Å². The van der Waals surface area contributed by atoms with E-state index in [2.05, 4.69) is 19.3 Å². The molecule has 0 saturated carbocycles. The summed E-state index contributed by atoms with van der Waals surface area (Å²) in [7, 11) is 0. The normalized spacial score (nSPS) is 16.6. The van der Waals surface area contributed by atoms with E-state index in [9.17, 15) is 18.0 Å². The van der Waals surface area contributed by atoms with Crippen molar-refractivity contribution in [3.05, 3.63) is 53.4 Å². The number of ether oxygens (including phenoxy) is 1. The van der Waals surface area contributed by atoms with Gasteiger partial charge in [0, 0.05) is 67.6 Å². The molecule has 1 unspecified atom stereocenters. The Morgan fingerprint density at radius 1 is 1.08 bits per heavy atom. The number of aromatic nitrogens is 3. The molecular formula is C26H32F3N5O2. The van der Waals surface area contributed by atoms with Gasteiger partial charge in [0.1, 0.15) is 5.82 Å². The Labute approximate surface area is 208 Å². The van der Waals surface area contributed by atoms with Crippen LogP contribution in [-0.2, 0) is 4.74 Å². The maximum Gasteiger partial charge on any atom is 0.401 e. The Hall–Kier alpha value is -2.98. The second-order valence-corrected chi connectivity index (χ2v) is 9.63. The van der Waals surface area contributed by atoms with Crippen molar-refractivity contribution in [2.75, 3.05) is 32.7 Å². The van der Waals surface area contributed by atoms with Gasteiger partial charge in [-0.2, -0.15) is 13.2 Å². The number of alkyl halides is 3. The van der Waals surface area contributed by atoms with Gasteiger partial charge in [0.2, 0.25) is 0 Å². The smallest absolute Gasteiger partial charge is 0.401 e. The summed E-state index contributed by atoms with van der Waals surface area (Å²) in [5.74, 6) is 0.263. The standard InChI is InChI=1S/C26H32F3N5O2/c1-16(2)36-25(35)22-12-23-21(20-13-30-19(5)31-14-20)6-7-34(23)24(17(22)3)18(4)33-10-8-32(9-11-33)15-26(27,28)29/h6-7,12-14,16,18H,8-11,15H2,1-5H3. The van der Waals surface area contributed by atoms with Crippen LogP contribution in [0.1, 0.15) is 54.3 Å². The number of aryl methyl sites for hydroxylation is 1. The third kappa shape index (κ3) is 5.54. The number of halogens is 3. The first-order valence-electron chi connectivity index (χ1n) is 12.1. The summed E-state index contributed by atoms with van der Waals surface area (Å²) in [6.45, 7) is 10.1. The number of carbonyl (C=O) groups excluding carboxylic acids is 1. The van der Waals surface area contributed by atoms with E-state index in [4.69, 9.17) is 4.74 Å². The Kier molecular flexibility index (Phi) is 7.38. The first-order chi connectivity index (χ1) is 16.9. The van der Waals surface area contributed by atoms with Crippen molar-refractivity contribution < 1.29 is 22.7 Å². The predicted octanol–water partition coefficient (Wildman–Crippen LogP) is 4.82. The van der Waals surface area contributed by atoms with Gasteiger partial charge in [-0.05, 0) is 52.3 Å². The van der Waals surface area contributed by atoms with Crippen molar-refractivity contribution in [3.63, 3.8) is 0 Å². The summed E-state index contributed by atoms with van der Waals surface area (Å²) in [6, 6.07) is 3.67. The highest BCUT2D eigenvalue weighted by Gasteiger charge is 2.34. The highest BCUT2D eigenvalue weighted by Crippen LogP contribution is 2.34. The quantitative estimate of drug-likeness (QED) is 0.450. The highest BCUT2D eigenvalue weighted by atomic mass is 19.4. The van der Waals surface area contributed by atoms with Gasteiger partial charge >= 0.3 is 12.1 Å². The van der Waals surface area contributed by atoms with Gasteiger partial charge in [0.05, 0.1) is 23.7 Å². The molecule has 3 aromatic rings. The molecule has 194 valence electrons. The fourth-order valence-electron chi connectivity index (χ4n) is 4.88. The molecule has 7 nitrogen and oxygen atoms in total. The zero-order chi connectivity index (χ0) is 26.2. The molecule has 0 N–H and O–H groups in total. The largest absolute Gasteiger partial charge is 0.459 e. The van der Waals surface area contributed by atoms with Gasteiger partial charge < -0.3 is 9.14 Å². The molecule has 0 amide bonds. The molecule has 0 radical (unpaired) electrons. The van der Waals surface area contributed by atoms with Crippen molar-refractivity contribution in [1.82, 2.24) is 24.2 Å². The van der Waals surface area contributed by atoms with E-state index in [0.29, 0.717) is 37.6 Å². The van der Waals surface area contributed by atoms with Crippen LogP contribution in [0.4, 0.5) is 13.2 Å². The summed E-state index contributed by atoms with van der Waals surface area (Å²) in [5.41, 5.74) is 4.71. The van der Waals surface area contributed by atoms with Gasteiger partial charge in [-0.15, -0.1) is 0 Å². The van der Waals surface area contributed by atoms with Crippen molar-refractivity contribution in [1.29, 1.82) is 0 Å². The van der Waals surface area contributed by atoms with Crippen molar-refractivity contribution >= 4 is 11.5 Å². The average molecular weight is 504 g/mol. The maximum atomic E-state index is 13.1. The second-order valence-electron chi connectivity index (χ2n) is 9.63. The molecule has 36 heavy (non-hydrogen) atoms. The molecular weight excluding hydrogens is 471 g/mol. The minimum absolute atomic E-state index is 0.137. The van der Waals surface area contributed by atoms with Crippen LogP contribution in [0.15, 0.2) is 30.7 Å². The summed E-state index contributed by atoms with van der Waals surface area (Å²) in [4.78, 5) is 25.3. The lowest BCUT2D eigenvalue weighted by atomic mass is 9.99. The van der Waals surface area contributed by atoms with E-state index in [1.165, 1.54) is 4.90 Å². The number of hydrogen-bond donors (Lipinski definition) is 0. The van der Waals surface area contributed by atoms with E-state index in [1.807, 2.05) is 52.9 Å². The van der Waals surface area contributed by atoms with Crippen LogP contribution in [0.25, 0.3) is 16.6 Å². The Morgan fingerprint density at radius 3 is 2.31 bits per heavy atom. The third-order valence-electron chi connectivity index (χ3n) is 6.66. The first-order valence-corrected chi connectivity index (χ1v) is 12.1. The molecule has 10 heteroatoms. The van der Waals surface area contributed by atoms with Gasteiger partial charge in [-0.1, -0.05) is 0 Å². The molecule has 3 aromatic heterocycles. The van der Waals surface area contributed by atoms with E-state index in [1.54, 1.807) is 12.4 Å². The van der Waals surface area contributed by atoms with Crippen molar-refractivity contribution in [3.8, 4) is 11.1 Å². The Morgan fingerprint density at radius 2 is 1.72 bits per heavy atom. The number of nitrogens with zero attached hydrogens (tertiary/aromatic N) is 5. The molecule has 0 spiro atoms. The zero-order valence-corrected chi connectivity index (χ0v) is 21.3.